The van der Waals surface area contributed by atoms with E-state index in [9.17, 15) is 18.0 Å². The maximum atomic E-state index is 12.6. The van der Waals surface area contributed by atoms with Gasteiger partial charge in [0.05, 0.1) is 5.56 Å². The van der Waals surface area contributed by atoms with Gasteiger partial charge in [-0.3, -0.25) is 0 Å². The van der Waals surface area contributed by atoms with Crippen molar-refractivity contribution in [3.8, 4) is 17.1 Å². The zero-order valence-corrected chi connectivity index (χ0v) is 15.6. The lowest BCUT2D eigenvalue weighted by Gasteiger charge is -2.07. The molecule has 1 aromatic heterocycles. The van der Waals surface area contributed by atoms with Crippen molar-refractivity contribution in [2.45, 2.75) is 26.6 Å². The number of alkyl halides is 3. The van der Waals surface area contributed by atoms with Crippen LogP contribution in [-0.4, -0.2) is 22.7 Å². The molecule has 0 bridgehead atoms. The first-order chi connectivity index (χ1) is 13.7. The number of benzene rings is 2. The summed E-state index contributed by atoms with van der Waals surface area (Å²) < 4.78 is 53.2. The van der Waals surface area contributed by atoms with Crippen molar-refractivity contribution in [2.75, 3.05) is 6.61 Å². The van der Waals surface area contributed by atoms with Crippen LogP contribution in [0.2, 0.25) is 0 Å². The molecule has 0 radical (unpaired) electrons. The van der Waals surface area contributed by atoms with E-state index in [1.807, 2.05) is 19.9 Å². The van der Waals surface area contributed by atoms with Crippen molar-refractivity contribution in [1.82, 2.24) is 10.1 Å². The lowest BCUT2D eigenvalue weighted by atomic mass is 10.1. The number of rotatable bonds is 6. The van der Waals surface area contributed by atoms with Crippen LogP contribution in [-0.2, 0) is 22.3 Å². The number of halogens is 3. The fourth-order valence-corrected chi connectivity index (χ4v) is 2.58. The van der Waals surface area contributed by atoms with Gasteiger partial charge in [-0.15, -0.1) is 0 Å². The summed E-state index contributed by atoms with van der Waals surface area (Å²) >= 11 is 0. The molecule has 0 fully saturated rings. The van der Waals surface area contributed by atoms with Crippen molar-refractivity contribution >= 4 is 5.97 Å². The third-order valence-electron chi connectivity index (χ3n) is 3.85. The number of carbonyl (C=O) groups excluding carboxylic acids is 1. The monoisotopic (exact) mass is 406 g/mol. The first-order valence-electron chi connectivity index (χ1n) is 8.57. The summed E-state index contributed by atoms with van der Waals surface area (Å²) in [6.07, 6.45) is -4.42. The normalized spacial score (nSPS) is 11.3. The molecule has 0 atom stereocenters. The number of nitrogens with zero attached hydrogens (tertiary/aromatic N) is 2. The highest BCUT2D eigenvalue weighted by Gasteiger charge is 2.30. The summed E-state index contributed by atoms with van der Waals surface area (Å²) in [6, 6.07) is 9.91. The second kappa shape index (κ2) is 8.34. The molecule has 0 saturated carbocycles. The van der Waals surface area contributed by atoms with Crippen LogP contribution < -0.4 is 4.74 Å². The van der Waals surface area contributed by atoms with E-state index in [0.29, 0.717) is 11.3 Å². The molecule has 3 aromatic rings. The zero-order chi connectivity index (χ0) is 21.0. The number of hydrogen-bond donors (Lipinski definition) is 0. The SMILES string of the molecule is Cc1cc(C)cc(OCC(=O)OCc2nc(-c3ccc(C(F)(F)F)cc3)no2)c1. The zero-order valence-electron chi connectivity index (χ0n) is 15.6. The molecular weight excluding hydrogens is 389 g/mol. The van der Waals surface area contributed by atoms with Gasteiger partial charge in [-0.1, -0.05) is 23.4 Å². The molecule has 0 aliphatic carbocycles. The second-order valence-electron chi connectivity index (χ2n) is 6.36. The number of esters is 1. The van der Waals surface area contributed by atoms with Gasteiger partial charge in [-0.05, 0) is 49.2 Å². The summed E-state index contributed by atoms with van der Waals surface area (Å²) in [5.74, 6) is 0.0381. The van der Waals surface area contributed by atoms with Crippen LogP contribution >= 0.6 is 0 Å². The Kier molecular flexibility index (Phi) is 5.86. The molecule has 0 unspecified atom stereocenters. The summed E-state index contributed by atoms with van der Waals surface area (Å²) in [5.41, 5.74) is 1.59. The average Bonchev–Trinajstić information content (AvgIpc) is 3.12. The highest BCUT2D eigenvalue weighted by molar-refractivity contribution is 5.71. The van der Waals surface area contributed by atoms with Gasteiger partial charge >= 0.3 is 12.1 Å². The molecule has 0 saturated heterocycles. The third kappa shape index (κ3) is 5.56. The second-order valence-corrected chi connectivity index (χ2v) is 6.36. The molecule has 0 N–H and O–H groups in total. The molecule has 0 amide bonds. The lowest BCUT2D eigenvalue weighted by Crippen LogP contribution is -2.15. The predicted octanol–water partition coefficient (Wildman–Crippen LogP) is 4.49. The van der Waals surface area contributed by atoms with Crippen molar-refractivity contribution in [3.05, 3.63) is 65.0 Å². The molecule has 29 heavy (non-hydrogen) atoms. The van der Waals surface area contributed by atoms with Gasteiger partial charge in [-0.25, -0.2) is 4.79 Å². The van der Waals surface area contributed by atoms with Crippen LogP contribution in [0.5, 0.6) is 5.75 Å². The van der Waals surface area contributed by atoms with Crippen LogP contribution in [0.3, 0.4) is 0 Å². The fourth-order valence-electron chi connectivity index (χ4n) is 2.58. The van der Waals surface area contributed by atoms with E-state index in [4.69, 9.17) is 14.0 Å². The van der Waals surface area contributed by atoms with E-state index in [2.05, 4.69) is 10.1 Å². The molecule has 152 valence electrons. The summed E-state index contributed by atoms with van der Waals surface area (Å²) in [6.45, 7) is 3.27. The number of carbonyl (C=O) groups is 1. The minimum atomic E-state index is -4.42. The number of ether oxygens (including phenoxy) is 2. The van der Waals surface area contributed by atoms with Gasteiger partial charge in [0.15, 0.2) is 13.2 Å². The Labute approximate surface area is 164 Å². The molecular formula is C20H17F3N2O4. The van der Waals surface area contributed by atoms with Gasteiger partial charge in [0.25, 0.3) is 5.89 Å². The first kappa shape index (κ1) is 20.4. The molecule has 0 aliphatic rings. The first-order valence-corrected chi connectivity index (χ1v) is 8.57. The van der Waals surface area contributed by atoms with Gasteiger partial charge in [0.1, 0.15) is 5.75 Å². The van der Waals surface area contributed by atoms with Crippen LogP contribution in [0.25, 0.3) is 11.4 Å². The molecule has 0 spiro atoms. The fraction of sp³-hybridized carbons (Fsp3) is 0.250. The molecule has 2 aromatic carbocycles. The largest absolute Gasteiger partial charge is 0.482 e. The maximum absolute atomic E-state index is 12.6. The highest BCUT2D eigenvalue weighted by atomic mass is 19.4. The standard InChI is InChI=1S/C20H17F3N2O4/c1-12-7-13(2)9-16(8-12)27-11-18(26)28-10-17-24-19(25-29-17)14-3-5-15(6-4-14)20(21,22)23/h3-9H,10-11H2,1-2H3. The van der Waals surface area contributed by atoms with E-state index < -0.39 is 17.7 Å². The third-order valence-corrected chi connectivity index (χ3v) is 3.85. The Morgan fingerprint density at radius 2 is 1.72 bits per heavy atom. The maximum Gasteiger partial charge on any atom is 0.416 e. The quantitative estimate of drug-likeness (QED) is 0.562. The predicted molar refractivity (Wildman–Crippen MR) is 95.9 cm³/mol. The molecule has 6 nitrogen and oxygen atoms in total. The molecule has 1 heterocycles. The number of aromatic nitrogens is 2. The van der Waals surface area contributed by atoms with Crippen LogP contribution in [0.1, 0.15) is 22.6 Å². The Balaban J connectivity index is 1.53. The smallest absolute Gasteiger partial charge is 0.416 e. The minimum absolute atomic E-state index is 0.0136. The van der Waals surface area contributed by atoms with E-state index in [0.717, 1.165) is 23.3 Å². The van der Waals surface area contributed by atoms with E-state index in [1.165, 1.54) is 12.1 Å². The Morgan fingerprint density at radius 3 is 2.34 bits per heavy atom. The van der Waals surface area contributed by atoms with Gasteiger partial charge in [0, 0.05) is 5.56 Å². The Hall–Kier alpha value is -3.36. The molecule has 3 rings (SSSR count). The van der Waals surface area contributed by atoms with Gasteiger partial charge < -0.3 is 14.0 Å². The van der Waals surface area contributed by atoms with Crippen LogP contribution in [0.15, 0.2) is 47.0 Å². The highest BCUT2D eigenvalue weighted by Crippen LogP contribution is 2.30. The van der Waals surface area contributed by atoms with Crippen molar-refractivity contribution in [1.29, 1.82) is 0 Å². The topological polar surface area (TPSA) is 74.5 Å². The summed E-state index contributed by atoms with van der Waals surface area (Å²) in [5, 5.41) is 3.68. The van der Waals surface area contributed by atoms with Gasteiger partial charge in [-0.2, -0.15) is 18.2 Å². The molecule has 0 aliphatic heterocycles. The number of hydrogen-bond acceptors (Lipinski definition) is 6. The van der Waals surface area contributed by atoms with E-state index in [1.54, 1.807) is 12.1 Å². The van der Waals surface area contributed by atoms with Crippen LogP contribution in [0, 0.1) is 13.8 Å². The van der Waals surface area contributed by atoms with E-state index >= 15 is 0 Å². The van der Waals surface area contributed by atoms with E-state index in [-0.39, 0.29) is 24.9 Å². The molecule has 9 heteroatoms. The van der Waals surface area contributed by atoms with Gasteiger partial charge in [0.2, 0.25) is 5.82 Å². The Bertz CT molecular complexity index is 977. The van der Waals surface area contributed by atoms with Crippen molar-refractivity contribution in [2.24, 2.45) is 0 Å². The summed E-state index contributed by atoms with van der Waals surface area (Å²) in [4.78, 5) is 15.8. The Morgan fingerprint density at radius 1 is 1.07 bits per heavy atom. The van der Waals surface area contributed by atoms with Crippen LogP contribution in [0.4, 0.5) is 13.2 Å². The lowest BCUT2D eigenvalue weighted by molar-refractivity contribution is -0.148. The van der Waals surface area contributed by atoms with Crippen molar-refractivity contribution in [3.63, 3.8) is 0 Å². The summed E-state index contributed by atoms with van der Waals surface area (Å²) in [7, 11) is 0. The number of aryl methyl sites for hydroxylation is 2. The van der Waals surface area contributed by atoms with Crippen molar-refractivity contribution < 1.29 is 32.0 Å². The minimum Gasteiger partial charge on any atom is -0.482 e. The average molecular weight is 406 g/mol.